The minimum Gasteiger partial charge on any atom is -0.385 e. The summed E-state index contributed by atoms with van der Waals surface area (Å²) < 4.78 is 16.8. The number of hydrogen-bond donors (Lipinski definition) is 2. The molecule has 0 bridgehead atoms. The molecule has 0 amide bonds. The quantitative estimate of drug-likeness (QED) is 0.247. The van der Waals surface area contributed by atoms with Gasteiger partial charge in [0, 0.05) is 40.0 Å². The van der Waals surface area contributed by atoms with Gasteiger partial charge < -0.3 is 24.8 Å². The highest BCUT2D eigenvalue weighted by Crippen LogP contribution is 2.43. The number of ether oxygens (including phenoxy) is 3. The van der Waals surface area contributed by atoms with Gasteiger partial charge in [0.05, 0.1) is 19.3 Å². The number of nitrogens with one attached hydrogen (secondary N) is 2. The van der Waals surface area contributed by atoms with Crippen molar-refractivity contribution in [3.05, 3.63) is 35.4 Å². The molecule has 2 N–H and O–H groups in total. The molecule has 1 saturated heterocycles. The smallest absolute Gasteiger partial charge is 0.191 e. The van der Waals surface area contributed by atoms with E-state index in [1.54, 1.807) is 7.11 Å². The molecule has 0 unspecified atom stereocenters. The first-order valence-corrected chi connectivity index (χ1v) is 11.5. The molecule has 176 valence electrons. The first-order valence-electron chi connectivity index (χ1n) is 11.5. The maximum Gasteiger partial charge on any atom is 0.191 e. The van der Waals surface area contributed by atoms with Gasteiger partial charge in [-0.25, -0.2) is 4.99 Å². The first-order chi connectivity index (χ1) is 14.7. The van der Waals surface area contributed by atoms with Gasteiger partial charge in [-0.3, -0.25) is 0 Å². The number of hydrogen-bond acceptors (Lipinski definition) is 4. The van der Waals surface area contributed by atoms with E-state index in [1.165, 1.54) is 30.4 Å². The van der Waals surface area contributed by atoms with Crippen molar-refractivity contribution in [1.82, 2.24) is 10.6 Å². The molecule has 2 fully saturated rings. The molecule has 1 saturated carbocycles. The molecule has 2 aliphatic rings. The van der Waals surface area contributed by atoms with E-state index >= 15 is 0 Å². The SMILES string of the molecule is CCNC(=NCc1cccc(COC2CCOCC2)c1)NCC1(CCOC)CCC1.I. The summed E-state index contributed by atoms with van der Waals surface area (Å²) in [4.78, 5) is 4.82. The third-order valence-corrected chi connectivity index (χ3v) is 6.29. The number of aliphatic imine (C=N–C) groups is 1. The Morgan fingerprint density at radius 3 is 2.65 bits per heavy atom. The van der Waals surface area contributed by atoms with Crippen LogP contribution in [-0.4, -0.2) is 52.1 Å². The first kappa shape index (κ1) is 26.4. The summed E-state index contributed by atoms with van der Waals surface area (Å²) in [6, 6.07) is 8.57. The minimum absolute atomic E-state index is 0. The van der Waals surface area contributed by atoms with Crippen molar-refractivity contribution < 1.29 is 14.2 Å². The third kappa shape index (κ3) is 8.86. The van der Waals surface area contributed by atoms with Crippen LogP contribution in [-0.2, 0) is 27.4 Å². The second-order valence-electron chi connectivity index (χ2n) is 8.59. The van der Waals surface area contributed by atoms with Crippen LogP contribution < -0.4 is 10.6 Å². The summed E-state index contributed by atoms with van der Waals surface area (Å²) in [6.07, 6.45) is 7.30. The molecule has 7 heteroatoms. The highest BCUT2D eigenvalue weighted by molar-refractivity contribution is 14.0. The van der Waals surface area contributed by atoms with Crippen molar-refractivity contribution in [3.63, 3.8) is 0 Å². The van der Waals surface area contributed by atoms with E-state index in [1.807, 2.05) is 0 Å². The van der Waals surface area contributed by atoms with Crippen LogP contribution in [0.15, 0.2) is 29.3 Å². The minimum atomic E-state index is 0. The van der Waals surface area contributed by atoms with Crippen LogP contribution in [0, 0.1) is 5.41 Å². The highest BCUT2D eigenvalue weighted by Gasteiger charge is 2.36. The summed E-state index contributed by atoms with van der Waals surface area (Å²) in [6.45, 7) is 7.69. The summed E-state index contributed by atoms with van der Waals surface area (Å²) >= 11 is 0. The molecule has 0 atom stereocenters. The summed E-state index contributed by atoms with van der Waals surface area (Å²) in [7, 11) is 1.79. The predicted octanol–water partition coefficient (Wildman–Crippen LogP) is 4.26. The second-order valence-corrected chi connectivity index (χ2v) is 8.59. The Balaban J connectivity index is 0.00000341. The van der Waals surface area contributed by atoms with Crippen LogP contribution in [0.5, 0.6) is 0 Å². The van der Waals surface area contributed by atoms with Crippen LogP contribution in [0.25, 0.3) is 0 Å². The lowest BCUT2D eigenvalue weighted by Gasteiger charge is -2.42. The van der Waals surface area contributed by atoms with E-state index in [0.717, 1.165) is 58.1 Å². The molecule has 6 nitrogen and oxygen atoms in total. The van der Waals surface area contributed by atoms with Crippen molar-refractivity contribution in [2.24, 2.45) is 10.4 Å². The zero-order chi connectivity index (χ0) is 21.1. The molecule has 1 aliphatic carbocycles. The Bertz CT molecular complexity index is 661. The molecule has 1 aromatic carbocycles. The molecule has 0 aromatic heterocycles. The molecular formula is C24H40IN3O3. The Hall–Kier alpha value is -0.900. The van der Waals surface area contributed by atoms with Crippen LogP contribution in [0.4, 0.5) is 0 Å². The summed E-state index contributed by atoms with van der Waals surface area (Å²) in [5.74, 6) is 0.894. The average Bonchev–Trinajstić information content (AvgIpc) is 2.76. The van der Waals surface area contributed by atoms with Gasteiger partial charge in [0.1, 0.15) is 0 Å². The summed E-state index contributed by atoms with van der Waals surface area (Å²) in [5.41, 5.74) is 2.78. The fourth-order valence-electron chi connectivity index (χ4n) is 4.17. The van der Waals surface area contributed by atoms with Gasteiger partial charge >= 0.3 is 0 Å². The summed E-state index contributed by atoms with van der Waals surface area (Å²) in [5, 5.41) is 6.96. The largest absolute Gasteiger partial charge is 0.385 e. The molecule has 3 rings (SSSR count). The monoisotopic (exact) mass is 545 g/mol. The Labute approximate surface area is 204 Å². The number of guanidine groups is 1. The van der Waals surface area contributed by atoms with E-state index in [2.05, 4.69) is 41.8 Å². The fraction of sp³-hybridized carbons (Fsp3) is 0.708. The fourth-order valence-corrected chi connectivity index (χ4v) is 4.17. The maximum absolute atomic E-state index is 6.06. The lowest BCUT2D eigenvalue weighted by atomic mass is 9.67. The van der Waals surface area contributed by atoms with Gasteiger partial charge in [-0.2, -0.15) is 0 Å². The van der Waals surface area contributed by atoms with Crippen LogP contribution in [0.3, 0.4) is 0 Å². The lowest BCUT2D eigenvalue weighted by molar-refractivity contribution is -0.0390. The molecular weight excluding hydrogens is 505 g/mol. The molecule has 31 heavy (non-hydrogen) atoms. The molecule has 1 heterocycles. The van der Waals surface area contributed by atoms with Crippen molar-refractivity contribution >= 4 is 29.9 Å². The van der Waals surface area contributed by atoms with Crippen molar-refractivity contribution in [2.45, 2.75) is 64.7 Å². The van der Waals surface area contributed by atoms with Gasteiger partial charge in [-0.05, 0) is 55.6 Å². The predicted molar refractivity (Wildman–Crippen MR) is 136 cm³/mol. The van der Waals surface area contributed by atoms with E-state index in [0.29, 0.717) is 24.7 Å². The Kier molecular flexibility index (Phi) is 12.1. The number of rotatable bonds is 11. The van der Waals surface area contributed by atoms with Gasteiger partial charge in [-0.15, -0.1) is 24.0 Å². The van der Waals surface area contributed by atoms with Crippen molar-refractivity contribution in [3.8, 4) is 0 Å². The number of methoxy groups -OCH3 is 1. The van der Waals surface area contributed by atoms with Crippen LogP contribution >= 0.6 is 24.0 Å². The number of benzene rings is 1. The van der Waals surface area contributed by atoms with Gasteiger partial charge in [-0.1, -0.05) is 30.7 Å². The molecule has 1 aromatic rings. The maximum atomic E-state index is 6.06. The van der Waals surface area contributed by atoms with Crippen LogP contribution in [0.2, 0.25) is 0 Å². The molecule has 0 radical (unpaired) electrons. The molecule has 0 spiro atoms. The highest BCUT2D eigenvalue weighted by atomic mass is 127. The Morgan fingerprint density at radius 1 is 1.19 bits per heavy atom. The normalized spacial score (nSPS) is 18.7. The lowest BCUT2D eigenvalue weighted by Crippen LogP contribution is -2.46. The standard InChI is InChI=1S/C24H39N3O3.HI/c1-3-25-23(27-19-24(10-5-11-24)12-15-28-2)26-17-20-6-4-7-21(16-20)18-30-22-8-13-29-14-9-22;/h4,6-7,16,22H,3,5,8-15,17-19H2,1-2H3,(H2,25,26,27);1H. The van der Waals surface area contributed by atoms with Gasteiger partial charge in [0.2, 0.25) is 0 Å². The van der Waals surface area contributed by atoms with E-state index in [9.17, 15) is 0 Å². The van der Waals surface area contributed by atoms with E-state index < -0.39 is 0 Å². The second kappa shape index (κ2) is 14.3. The van der Waals surface area contributed by atoms with Crippen molar-refractivity contribution in [1.29, 1.82) is 0 Å². The number of halogens is 1. The van der Waals surface area contributed by atoms with Gasteiger partial charge in [0.25, 0.3) is 0 Å². The van der Waals surface area contributed by atoms with E-state index in [4.69, 9.17) is 19.2 Å². The van der Waals surface area contributed by atoms with Crippen LogP contribution in [0.1, 0.15) is 56.6 Å². The van der Waals surface area contributed by atoms with Gasteiger partial charge in [0.15, 0.2) is 5.96 Å². The topological polar surface area (TPSA) is 64.1 Å². The zero-order valence-electron chi connectivity index (χ0n) is 19.2. The molecule has 1 aliphatic heterocycles. The average molecular weight is 546 g/mol. The Morgan fingerprint density at radius 2 is 1.97 bits per heavy atom. The third-order valence-electron chi connectivity index (χ3n) is 6.29. The van der Waals surface area contributed by atoms with Crippen molar-refractivity contribution in [2.75, 3.05) is 40.0 Å². The van der Waals surface area contributed by atoms with E-state index in [-0.39, 0.29) is 24.0 Å². The number of nitrogens with zero attached hydrogens (tertiary/aromatic N) is 1. The zero-order valence-corrected chi connectivity index (χ0v) is 21.5.